The number of rotatable bonds is 5. The maximum absolute atomic E-state index is 10.7. The van der Waals surface area contributed by atoms with Crippen LogP contribution in [0.3, 0.4) is 0 Å². The van der Waals surface area contributed by atoms with E-state index >= 15 is 0 Å². The van der Waals surface area contributed by atoms with Gasteiger partial charge in [-0.3, -0.25) is 10.1 Å². The fourth-order valence-electron chi connectivity index (χ4n) is 1.71. The molecule has 0 saturated heterocycles. The van der Waals surface area contributed by atoms with Crippen LogP contribution in [0.4, 0.5) is 5.69 Å². The molecule has 0 saturated carbocycles. The first kappa shape index (κ1) is 14.8. The van der Waals surface area contributed by atoms with Crippen molar-refractivity contribution in [2.75, 3.05) is 0 Å². The molecular formula is C14H11BrClNO3. The van der Waals surface area contributed by atoms with Gasteiger partial charge in [-0.15, -0.1) is 0 Å². The lowest BCUT2D eigenvalue weighted by Crippen LogP contribution is -1.99. The molecule has 0 aromatic heterocycles. The molecule has 0 aliphatic rings. The monoisotopic (exact) mass is 355 g/mol. The molecule has 0 aliphatic carbocycles. The highest BCUT2D eigenvalue weighted by molar-refractivity contribution is 9.08. The summed E-state index contributed by atoms with van der Waals surface area (Å²) in [5, 5.41) is 12.0. The second-order valence-electron chi connectivity index (χ2n) is 4.10. The first-order valence-corrected chi connectivity index (χ1v) is 7.30. The summed E-state index contributed by atoms with van der Waals surface area (Å²) in [7, 11) is 0. The number of ether oxygens (including phenoxy) is 1. The Morgan fingerprint density at radius 3 is 2.75 bits per heavy atom. The third-order valence-corrected chi connectivity index (χ3v) is 3.52. The topological polar surface area (TPSA) is 52.4 Å². The lowest BCUT2D eigenvalue weighted by atomic mass is 10.2. The van der Waals surface area contributed by atoms with Gasteiger partial charge in [0.1, 0.15) is 12.4 Å². The van der Waals surface area contributed by atoms with Crippen LogP contribution in [0.2, 0.25) is 5.02 Å². The van der Waals surface area contributed by atoms with E-state index < -0.39 is 4.92 Å². The van der Waals surface area contributed by atoms with Crippen molar-refractivity contribution in [1.82, 2.24) is 0 Å². The predicted octanol–water partition coefficient (Wildman–Crippen LogP) is 4.72. The van der Waals surface area contributed by atoms with Gasteiger partial charge < -0.3 is 4.74 Å². The summed E-state index contributed by atoms with van der Waals surface area (Å²) in [5.74, 6) is 0.706. The van der Waals surface area contributed by atoms with E-state index in [1.165, 1.54) is 12.1 Å². The third-order valence-electron chi connectivity index (χ3n) is 2.68. The maximum Gasteiger partial charge on any atom is 0.269 e. The number of nitro benzene ring substituents is 1. The molecule has 2 rings (SSSR count). The highest BCUT2D eigenvalue weighted by Gasteiger charge is 2.08. The number of hydrogen-bond donors (Lipinski definition) is 0. The van der Waals surface area contributed by atoms with Crippen LogP contribution < -0.4 is 4.74 Å². The van der Waals surface area contributed by atoms with Crippen LogP contribution in [0.1, 0.15) is 11.1 Å². The van der Waals surface area contributed by atoms with E-state index in [1.807, 2.05) is 6.07 Å². The van der Waals surface area contributed by atoms with Gasteiger partial charge in [0.25, 0.3) is 5.69 Å². The Labute approximate surface area is 129 Å². The number of hydrogen-bond acceptors (Lipinski definition) is 3. The largest absolute Gasteiger partial charge is 0.489 e. The van der Waals surface area contributed by atoms with Gasteiger partial charge in [0.2, 0.25) is 0 Å². The van der Waals surface area contributed by atoms with Crippen molar-refractivity contribution < 1.29 is 9.66 Å². The van der Waals surface area contributed by atoms with Crippen LogP contribution in [0.5, 0.6) is 5.75 Å². The van der Waals surface area contributed by atoms with Crippen LogP contribution in [0.25, 0.3) is 0 Å². The highest BCUT2D eigenvalue weighted by atomic mass is 79.9. The van der Waals surface area contributed by atoms with Gasteiger partial charge in [0.15, 0.2) is 0 Å². The molecule has 0 heterocycles. The van der Waals surface area contributed by atoms with E-state index in [2.05, 4.69) is 15.9 Å². The average molecular weight is 357 g/mol. The first-order chi connectivity index (χ1) is 9.60. The molecule has 0 radical (unpaired) electrons. The fraction of sp³-hybridized carbons (Fsp3) is 0.143. The lowest BCUT2D eigenvalue weighted by Gasteiger charge is -2.10. The van der Waals surface area contributed by atoms with Gasteiger partial charge in [-0.05, 0) is 23.8 Å². The SMILES string of the molecule is O=[N+]([O-])c1cccc(COc2ccc(Cl)cc2CBr)c1. The molecule has 0 amide bonds. The van der Waals surface area contributed by atoms with E-state index in [9.17, 15) is 10.1 Å². The minimum Gasteiger partial charge on any atom is -0.489 e. The molecule has 0 atom stereocenters. The number of nitrogens with zero attached hydrogens (tertiary/aromatic N) is 1. The lowest BCUT2D eigenvalue weighted by molar-refractivity contribution is -0.384. The number of halogens is 2. The van der Waals surface area contributed by atoms with Crippen molar-refractivity contribution >= 4 is 33.2 Å². The molecule has 0 fully saturated rings. The second-order valence-corrected chi connectivity index (χ2v) is 5.10. The van der Waals surface area contributed by atoms with Crippen LogP contribution in [-0.2, 0) is 11.9 Å². The van der Waals surface area contributed by atoms with Gasteiger partial charge in [0, 0.05) is 28.0 Å². The molecule has 0 aliphatic heterocycles. The molecule has 0 bridgehead atoms. The minimum absolute atomic E-state index is 0.0583. The molecule has 0 spiro atoms. The zero-order chi connectivity index (χ0) is 14.5. The first-order valence-electron chi connectivity index (χ1n) is 5.80. The zero-order valence-electron chi connectivity index (χ0n) is 10.4. The molecule has 104 valence electrons. The number of benzene rings is 2. The van der Waals surface area contributed by atoms with E-state index in [0.29, 0.717) is 16.1 Å². The zero-order valence-corrected chi connectivity index (χ0v) is 12.7. The molecule has 0 unspecified atom stereocenters. The quantitative estimate of drug-likeness (QED) is 0.442. The van der Waals surface area contributed by atoms with E-state index in [0.717, 1.165) is 11.1 Å². The Morgan fingerprint density at radius 2 is 2.05 bits per heavy atom. The summed E-state index contributed by atoms with van der Waals surface area (Å²) >= 11 is 9.29. The van der Waals surface area contributed by atoms with Gasteiger partial charge in [-0.25, -0.2) is 0 Å². The number of alkyl halides is 1. The van der Waals surface area contributed by atoms with Crippen molar-refractivity contribution in [3.8, 4) is 5.75 Å². The summed E-state index contributed by atoms with van der Waals surface area (Å²) in [6, 6.07) is 11.7. The number of non-ortho nitro benzene ring substituents is 1. The Hall–Kier alpha value is -1.59. The molecule has 20 heavy (non-hydrogen) atoms. The smallest absolute Gasteiger partial charge is 0.269 e. The summed E-state index contributed by atoms with van der Waals surface area (Å²) in [6.07, 6.45) is 0. The summed E-state index contributed by atoms with van der Waals surface area (Å²) in [4.78, 5) is 10.3. The second kappa shape index (κ2) is 6.72. The normalized spacial score (nSPS) is 10.3. The predicted molar refractivity (Wildman–Crippen MR) is 81.5 cm³/mol. The van der Waals surface area contributed by atoms with Crippen molar-refractivity contribution in [2.24, 2.45) is 0 Å². The van der Waals surface area contributed by atoms with Gasteiger partial charge in [-0.2, -0.15) is 0 Å². The van der Waals surface area contributed by atoms with Crippen molar-refractivity contribution in [1.29, 1.82) is 0 Å². The van der Waals surface area contributed by atoms with Crippen molar-refractivity contribution in [2.45, 2.75) is 11.9 Å². The van der Waals surface area contributed by atoms with Gasteiger partial charge in [0.05, 0.1) is 4.92 Å². The fourth-order valence-corrected chi connectivity index (χ4v) is 2.35. The number of nitro groups is 1. The van der Waals surface area contributed by atoms with E-state index in [-0.39, 0.29) is 12.3 Å². The average Bonchev–Trinajstić information content (AvgIpc) is 2.46. The maximum atomic E-state index is 10.7. The van der Waals surface area contributed by atoms with E-state index in [1.54, 1.807) is 24.3 Å². The van der Waals surface area contributed by atoms with E-state index in [4.69, 9.17) is 16.3 Å². The third kappa shape index (κ3) is 3.71. The Bertz CT molecular complexity index is 634. The molecule has 0 N–H and O–H groups in total. The summed E-state index contributed by atoms with van der Waals surface area (Å²) in [5.41, 5.74) is 1.74. The Morgan fingerprint density at radius 1 is 1.25 bits per heavy atom. The molecule has 4 nitrogen and oxygen atoms in total. The minimum atomic E-state index is -0.421. The molecule has 6 heteroatoms. The van der Waals surface area contributed by atoms with Gasteiger partial charge in [-0.1, -0.05) is 39.7 Å². The molecule has 2 aromatic rings. The van der Waals surface area contributed by atoms with Crippen LogP contribution >= 0.6 is 27.5 Å². The molecular weight excluding hydrogens is 346 g/mol. The van der Waals surface area contributed by atoms with Crippen molar-refractivity contribution in [3.05, 3.63) is 68.7 Å². The van der Waals surface area contributed by atoms with Crippen LogP contribution in [0, 0.1) is 10.1 Å². The highest BCUT2D eigenvalue weighted by Crippen LogP contribution is 2.26. The Balaban J connectivity index is 2.12. The Kier molecular flexibility index (Phi) is 4.98. The van der Waals surface area contributed by atoms with Crippen LogP contribution in [0.15, 0.2) is 42.5 Å². The standard InChI is InChI=1S/C14H11BrClNO3/c15-8-11-7-12(16)4-5-14(11)20-9-10-2-1-3-13(6-10)17(18)19/h1-7H,8-9H2. The summed E-state index contributed by atoms with van der Waals surface area (Å²) in [6.45, 7) is 0.267. The van der Waals surface area contributed by atoms with Crippen molar-refractivity contribution in [3.63, 3.8) is 0 Å². The van der Waals surface area contributed by atoms with Crippen LogP contribution in [-0.4, -0.2) is 4.92 Å². The summed E-state index contributed by atoms with van der Waals surface area (Å²) < 4.78 is 5.69. The molecule has 2 aromatic carbocycles. The van der Waals surface area contributed by atoms with Gasteiger partial charge >= 0.3 is 0 Å².